The van der Waals surface area contributed by atoms with E-state index in [4.69, 9.17) is 0 Å². The summed E-state index contributed by atoms with van der Waals surface area (Å²) in [5, 5.41) is 0. The minimum atomic E-state index is 0.797. The average Bonchev–Trinajstić information content (AvgIpc) is 1.81. The van der Waals surface area contributed by atoms with E-state index in [0.29, 0.717) is 0 Å². The first-order valence-corrected chi connectivity index (χ1v) is 49.3. The van der Waals surface area contributed by atoms with Crippen molar-refractivity contribution in [2.75, 3.05) is 0 Å². The van der Waals surface area contributed by atoms with Crippen molar-refractivity contribution in [3.8, 4) is 0 Å². The predicted octanol–water partition coefficient (Wildman–Crippen LogP) is -5.72. The Labute approximate surface area is 96.5 Å². The van der Waals surface area contributed by atoms with Crippen molar-refractivity contribution in [3.05, 3.63) is 0 Å². The van der Waals surface area contributed by atoms with Crippen LogP contribution in [0.3, 0.4) is 0 Å². The molecule has 50 valence electrons. The molecule has 0 aromatic rings. The molecule has 0 radical (unpaired) electrons. The monoisotopic (exact) mass is 609 g/mol. The summed E-state index contributed by atoms with van der Waals surface area (Å²) in [6.45, 7) is 0. The van der Waals surface area contributed by atoms with Crippen molar-refractivity contribution in [3.63, 3.8) is 0 Å². The zero-order valence-electron chi connectivity index (χ0n) is 4.15. The van der Waals surface area contributed by atoms with Crippen LogP contribution in [0.1, 0.15) is 0 Å². The van der Waals surface area contributed by atoms with Gasteiger partial charge in [-0.25, -0.2) is 0 Å². The molecule has 0 heterocycles. The van der Waals surface area contributed by atoms with E-state index < -0.39 is 0 Å². The molecule has 0 saturated carbocycles. The van der Waals surface area contributed by atoms with Gasteiger partial charge in [-0.3, -0.25) is 0 Å². The molecule has 0 amide bonds. The van der Waals surface area contributed by atoms with Gasteiger partial charge in [0.25, 0.3) is 0 Å². The van der Waals surface area contributed by atoms with Gasteiger partial charge in [-0.05, 0) is 0 Å². The molecule has 0 fully saturated rings. The molecule has 8 atom stereocenters. The molecule has 0 aliphatic heterocycles. The van der Waals surface area contributed by atoms with Crippen LogP contribution in [-0.4, -0.2) is 99.3 Å². The SMILES string of the molecule is [AsH2][AsH][AsH][AsH][AsH][AsH][AsH][AsH2]. The van der Waals surface area contributed by atoms with E-state index in [1.807, 2.05) is 0 Å². The molecule has 0 aromatic heterocycles. The maximum atomic E-state index is 2.13. The number of hydrogen-bond acceptors (Lipinski definition) is 0. The Morgan fingerprint density at radius 1 is 0.625 bits per heavy atom. The van der Waals surface area contributed by atoms with E-state index in [1.54, 1.807) is 0 Å². The second-order valence-corrected chi connectivity index (χ2v) is 111. The van der Waals surface area contributed by atoms with Crippen LogP contribution in [0, 0.1) is 0 Å². The van der Waals surface area contributed by atoms with Crippen molar-refractivity contribution in [1.82, 2.24) is 0 Å². The third-order valence-electron chi connectivity index (χ3n) is 0.332. The summed E-state index contributed by atoms with van der Waals surface area (Å²) in [4.78, 5) is 0. The Morgan fingerprint density at radius 3 is 1.25 bits per heavy atom. The summed E-state index contributed by atoms with van der Waals surface area (Å²) in [5.41, 5.74) is 0. The van der Waals surface area contributed by atoms with Crippen molar-refractivity contribution >= 4 is 99.3 Å². The summed E-state index contributed by atoms with van der Waals surface area (Å²) < 4.78 is 0. The molecular formula is H10As8. The Hall–Kier alpha value is 4.47. The summed E-state index contributed by atoms with van der Waals surface area (Å²) in [7, 11) is 0. The molecule has 0 spiro atoms. The zero-order valence-corrected chi connectivity index (χ0v) is 21.6. The van der Waals surface area contributed by atoms with Gasteiger partial charge in [0, 0.05) is 0 Å². The molecule has 8 heteroatoms. The van der Waals surface area contributed by atoms with Crippen molar-refractivity contribution in [2.45, 2.75) is 0 Å². The fourth-order valence-electron chi connectivity index (χ4n) is 0.135. The molecule has 0 aromatic carbocycles. The zero-order chi connectivity index (χ0) is 6.24. The van der Waals surface area contributed by atoms with Crippen molar-refractivity contribution in [2.24, 2.45) is 0 Å². The van der Waals surface area contributed by atoms with Gasteiger partial charge < -0.3 is 0 Å². The van der Waals surface area contributed by atoms with E-state index in [9.17, 15) is 0 Å². The summed E-state index contributed by atoms with van der Waals surface area (Å²) in [5.74, 6) is 0. The van der Waals surface area contributed by atoms with Gasteiger partial charge in [-0.1, -0.05) is 0 Å². The molecule has 0 aliphatic rings. The van der Waals surface area contributed by atoms with E-state index in [2.05, 4.69) is 29.6 Å². The van der Waals surface area contributed by atoms with Crippen LogP contribution in [0.15, 0.2) is 0 Å². The molecule has 0 nitrogen and oxygen atoms in total. The Morgan fingerprint density at radius 2 is 1.00 bits per heavy atom. The summed E-state index contributed by atoms with van der Waals surface area (Å²) in [6, 6.07) is 0. The van der Waals surface area contributed by atoms with Crippen LogP contribution in [0.4, 0.5) is 0 Å². The second kappa shape index (κ2) is 11.5. The normalized spacial score (nSPS) is 18.8. The van der Waals surface area contributed by atoms with Gasteiger partial charge in [0.05, 0.1) is 0 Å². The van der Waals surface area contributed by atoms with Crippen molar-refractivity contribution in [1.29, 1.82) is 0 Å². The standard InChI is InChI=1S/As8H10/c1-3-5-7-8-6-4-2/h3-8H,1-2H2. The molecule has 0 aliphatic carbocycles. The average molecular weight is 609 g/mol. The van der Waals surface area contributed by atoms with E-state index in [0.717, 1.165) is 69.7 Å². The Balaban J connectivity index is 2.53. The number of rotatable bonds is 5. The first-order chi connectivity index (χ1) is 3.91. The van der Waals surface area contributed by atoms with Crippen LogP contribution in [0.25, 0.3) is 0 Å². The van der Waals surface area contributed by atoms with Gasteiger partial charge in [0.1, 0.15) is 0 Å². The third kappa shape index (κ3) is 10.5. The third-order valence-corrected chi connectivity index (χ3v) is 242. The van der Waals surface area contributed by atoms with Crippen LogP contribution < -0.4 is 0 Å². The van der Waals surface area contributed by atoms with Gasteiger partial charge >= 0.3 is 99.3 Å². The van der Waals surface area contributed by atoms with Crippen LogP contribution >= 0.6 is 0 Å². The topological polar surface area (TPSA) is 0 Å². The van der Waals surface area contributed by atoms with Crippen molar-refractivity contribution < 1.29 is 0 Å². The molecule has 8 heavy (non-hydrogen) atoms. The van der Waals surface area contributed by atoms with E-state index in [1.165, 1.54) is 0 Å². The van der Waals surface area contributed by atoms with Gasteiger partial charge in [-0.2, -0.15) is 0 Å². The fraction of sp³-hybridized carbons (Fsp3) is 0. The fourth-order valence-corrected chi connectivity index (χ4v) is 510. The van der Waals surface area contributed by atoms with Gasteiger partial charge in [-0.15, -0.1) is 0 Å². The second-order valence-electron chi connectivity index (χ2n) is 0.789. The van der Waals surface area contributed by atoms with Gasteiger partial charge in [0.15, 0.2) is 0 Å². The summed E-state index contributed by atoms with van der Waals surface area (Å²) in [6.07, 6.45) is 0. The number of hydrogen-bond donors (Lipinski definition) is 0. The summed E-state index contributed by atoms with van der Waals surface area (Å²) >= 11 is 9.50. The van der Waals surface area contributed by atoms with Gasteiger partial charge in [0.2, 0.25) is 0 Å². The first-order valence-electron chi connectivity index (χ1n) is 1.83. The minimum absolute atomic E-state index is 0.797. The molecule has 0 saturated heterocycles. The predicted molar refractivity (Wildman–Crippen MR) is 60.0 cm³/mol. The van der Waals surface area contributed by atoms with E-state index in [-0.39, 0.29) is 0 Å². The Kier molecular flexibility index (Phi) is 17.9. The first kappa shape index (κ1) is 12.5. The van der Waals surface area contributed by atoms with Crippen LogP contribution in [0.2, 0.25) is 0 Å². The molecule has 0 rings (SSSR count). The quantitative estimate of drug-likeness (QED) is 0.216. The maximum absolute atomic E-state index is 2.13. The van der Waals surface area contributed by atoms with E-state index >= 15 is 0 Å². The molecule has 8 unspecified atom stereocenters. The van der Waals surface area contributed by atoms with Crippen LogP contribution in [0.5, 0.6) is 0 Å². The van der Waals surface area contributed by atoms with Crippen LogP contribution in [-0.2, 0) is 0 Å². The molecule has 0 N–H and O–H groups in total. The Bertz CT molecular complexity index is 25.0. The molecular weight excluding hydrogens is 599 g/mol. The molecule has 0 bridgehead atoms.